The molecule has 102 valence electrons. The number of aromatic nitrogens is 1. The van der Waals surface area contributed by atoms with Gasteiger partial charge in [-0.05, 0) is 23.8 Å². The Morgan fingerprint density at radius 1 is 1.00 bits per heavy atom. The van der Waals surface area contributed by atoms with Gasteiger partial charge in [-0.3, -0.25) is 9.78 Å². The minimum absolute atomic E-state index is 0.150. The van der Waals surface area contributed by atoms with E-state index in [-0.39, 0.29) is 5.91 Å². The SMILES string of the molecule is O=C(C=Cc1ccccc1)Nc1cccc2cnccc12. The number of pyridine rings is 1. The molecule has 0 radical (unpaired) electrons. The molecule has 1 heterocycles. The van der Waals surface area contributed by atoms with E-state index in [2.05, 4.69) is 10.3 Å². The van der Waals surface area contributed by atoms with Crippen LogP contribution in [0.4, 0.5) is 5.69 Å². The molecule has 1 aromatic heterocycles. The highest BCUT2D eigenvalue weighted by Gasteiger charge is 2.02. The number of nitrogens with zero attached hydrogens (tertiary/aromatic N) is 1. The topological polar surface area (TPSA) is 42.0 Å². The molecule has 3 aromatic rings. The molecule has 1 N–H and O–H groups in total. The second kappa shape index (κ2) is 6.01. The van der Waals surface area contributed by atoms with E-state index in [1.54, 1.807) is 18.5 Å². The molecule has 0 unspecified atom stereocenters. The number of hydrogen-bond acceptors (Lipinski definition) is 2. The van der Waals surface area contributed by atoms with Crippen LogP contribution in [-0.4, -0.2) is 10.9 Å². The van der Waals surface area contributed by atoms with E-state index in [9.17, 15) is 4.79 Å². The van der Waals surface area contributed by atoms with Crippen molar-refractivity contribution in [3.05, 3.63) is 78.6 Å². The van der Waals surface area contributed by atoms with E-state index in [1.165, 1.54) is 6.08 Å². The molecular weight excluding hydrogens is 260 g/mol. The Morgan fingerprint density at radius 3 is 2.71 bits per heavy atom. The van der Waals surface area contributed by atoms with Gasteiger partial charge in [0.05, 0.1) is 0 Å². The van der Waals surface area contributed by atoms with E-state index < -0.39 is 0 Å². The summed E-state index contributed by atoms with van der Waals surface area (Å²) in [6.45, 7) is 0. The molecule has 2 aromatic carbocycles. The number of hydrogen-bond donors (Lipinski definition) is 1. The number of fused-ring (bicyclic) bond motifs is 1. The highest BCUT2D eigenvalue weighted by atomic mass is 16.1. The first-order chi connectivity index (χ1) is 10.3. The summed E-state index contributed by atoms with van der Waals surface area (Å²) in [7, 11) is 0. The van der Waals surface area contributed by atoms with Crippen LogP contribution in [0.2, 0.25) is 0 Å². The van der Waals surface area contributed by atoms with Crippen molar-refractivity contribution in [3.63, 3.8) is 0 Å². The third-order valence-electron chi connectivity index (χ3n) is 3.17. The fraction of sp³-hybridized carbons (Fsp3) is 0. The predicted octanol–water partition coefficient (Wildman–Crippen LogP) is 3.89. The van der Waals surface area contributed by atoms with Crippen LogP contribution in [0.5, 0.6) is 0 Å². The molecule has 0 saturated heterocycles. The molecule has 0 aliphatic carbocycles. The van der Waals surface area contributed by atoms with Gasteiger partial charge in [0.1, 0.15) is 0 Å². The molecular formula is C18H14N2O. The third-order valence-corrected chi connectivity index (χ3v) is 3.17. The van der Waals surface area contributed by atoms with Crippen LogP contribution in [0, 0.1) is 0 Å². The number of nitrogens with one attached hydrogen (secondary N) is 1. The van der Waals surface area contributed by atoms with Crippen LogP contribution >= 0.6 is 0 Å². The van der Waals surface area contributed by atoms with Crippen molar-refractivity contribution in [3.8, 4) is 0 Å². The minimum atomic E-state index is -0.150. The molecule has 3 heteroatoms. The number of carbonyl (C=O) groups excluding carboxylic acids is 1. The lowest BCUT2D eigenvalue weighted by Gasteiger charge is -2.06. The van der Waals surface area contributed by atoms with E-state index >= 15 is 0 Å². The van der Waals surface area contributed by atoms with Crippen molar-refractivity contribution >= 4 is 28.4 Å². The molecule has 0 spiro atoms. The van der Waals surface area contributed by atoms with E-state index in [0.717, 1.165) is 22.0 Å². The van der Waals surface area contributed by atoms with Crippen molar-refractivity contribution in [2.45, 2.75) is 0 Å². The second-order valence-electron chi connectivity index (χ2n) is 4.64. The minimum Gasteiger partial charge on any atom is -0.322 e. The van der Waals surface area contributed by atoms with Gasteiger partial charge in [0, 0.05) is 34.9 Å². The van der Waals surface area contributed by atoms with Gasteiger partial charge in [0.15, 0.2) is 0 Å². The van der Waals surface area contributed by atoms with Gasteiger partial charge < -0.3 is 5.32 Å². The van der Waals surface area contributed by atoms with Gasteiger partial charge in [-0.2, -0.15) is 0 Å². The molecule has 21 heavy (non-hydrogen) atoms. The number of carbonyl (C=O) groups is 1. The van der Waals surface area contributed by atoms with Gasteiger partial charge >= 0.3 is 0 Å². The first-order valence-corrected chi connectivity index (χ1v) is 6.70. The number of rotatable bonds is 3. The van der Waals surface area contributed by atoms with E-state index in [4.69, 9.17) is 0 Å². The first-order valence-electron chi connectivity index (χ1n) is 6.70. The molecule has 0 saturated carbocycles. The standard InChI is InChI=1S/C18H14N2O/c21-18(10-9-14-5-2-1-3-6-14)20-17-8-4-7-15-13-19-12-11-16(15)17/h1-13H,(H,20,21). The molecule has 0 atom stereocenters. The van der Waals surface area contributed by atoms with Crippen LogP contribution in [-0.2, 0) is 4.79 Å². The van der Waals surface area contributed by atoms with Gasteiger partial charge in [0.25, 0.3) is 0 Å². The average molecular weight is 274 g/mol. The summed E-state index contributed by atoms with van der Waals surface area (Å²) in [5, 5.41) is 4.88. The third kappa shape index (κ3) is 3.15. The summed E-state index contributed by atoms with van der Waals surface area (Å²) in [5.41, 5.74) is 1.78. The zero-order valence-corrected chi connectivity index (χ0v) is 11.4. The lowest BCUT2D eigenvalue weighted by molar-refractivity contribution is -0.111. The van der Waals surface area contributed by atoms with Gasteiger partial charge in [-0.1, -0.05) is 42.5 Å². The Bertz CT molecular complexity index is 789. The second-order valence-corrected chi connectivity index (χ2v) is 4.64. The molecule has 0 bridgehead atoms. The van der Waals surface area contributed by atoms with Crippen molar-refractivity contribution in [1.29, 1.82) is 0 Å². The van der Waals surface area contributed by atoms with Crippen LogP contribution in [0.25, 0.3) is 16.8 Å². The highest BCUT2D eigenvalue weighted by Crippen LogP contribution is 2.22. The largest absolute Gasteiger partial charge is 0.322 e. The Morgan fingerprint density at radius 2 is 1.86 bits per heavy atom. The van der Waals surface area contributed by atoms with E-state index in [1.807, 2.05) is 54.6 Å². The van der Waals surface area contributed by atoms with Crippen LogP contribution in [0.15, 0.2) is 73.1 Å². The lowest BCUT2D eigenvalue weighted by atomic mass is 10.1. The molecule has 0 aliphatic heterocycles. The van der Waals surface area contributed by atoms with Crippen LogP contribution < -0.4 is 5.32 Å². The quantitative estimate of drug-likeness (QED) is 0.736. The predicted molar refractivity (Wildman–Crippen MR) is 85.8 cm³/mol. The zero-order chi connectivity index (χ0) is 14.5. The van der Waals surface area contributed by atoms with Crippen LogP contribution in [0.3, 0.4) is 0 Å². The molecule has 0 fully saturated rings. The lowest BCUT2D eigenvalue weighted by Crippen LogP contribution is -2.08. The smallest absolute Gasteiger partial charge is 0.248 e. The number of benzene rings is 2. The van der Waals surface area contributed by atoms with Crippen molar-refractivity contribution in [2.75, 3.05) is 5.32 Å². The maximum absolute atomic E-state index is 12.0. The molecule has 3 rings (SSSR count). The highest BCUT2D eigenvalue weighted by molar-refractivity contribution is 6.07. The summed E-state index contributed by atoms with van der Waals surface area (Å²) in [6, 6.07) is 17.4. The van der Waals surface area contributed by atoms with Crippen molar-refractivity contribution in [2.24, 2.45) is 0 Å². The summed E-state index contributed by atoms with van der Waals surface area (Å²) in [6.07, 6.45) is 6.83. The Kier molecular flexibility index (Phi) is 3.74. The van der Waals surface area contributed by atoms with Gasteiger partial charge in [-0.25, -0.2) is 0 Å². The fourth-order valence-electron chi connectivity index (χ4n) is 2.14. The number of amides is 1. The van der Waals surface area contributed by atoms with E-state index in [0.29, 0.717) is 0 Å². The summed E-state index contributed by atoms with van der Waals surface area (Å²) >= 11 is 0. The number of anilines is 1. The molecule has 1 amide bonds. The Hall–Kier alpha value is -2.94. The monoisotopic (exact) mass is 274 g/mol. The summed E-state index contributed by atoms with van der Waals surface area (Å²) in [4.78, 5) is 16.1. The first kappa shape index (κ1) is 13.1. The normalized spacial score (nSPS) is 10.9. The van der Waals surface area contributed by atoms with Gasteiger partial charge in [-0.15, -0.1) is 0 Å². The van der Waals surface area contributed by atoms with Gasteiger partial charge in [0.2, 0.25) is 5.91 Å². The summed E-state index contributed by atoms with van der Waals surface area (Å²) < 4.78 is 0. The summed E-state index contributed by atoms with van der Waals surface area (Å²) in [5.74, 6) is -0.150. The molecule has 3 nitrogen and oxygen atoms in total. The fourth-order valence-corrected chi connectivity index (χ4v) is 2.14. The van der Waals surface area contributed by atoms with Crippen molar-refractivity contribution < 1.29 is 4.79 Å². The zero-order valence-electron chi connectivity index (χ0n) is 11.4. The van der Waals surface area contributed by atoms with Crippen molar-refractivity contribution in [1.82, 2.24) is 4.98 Å². The Balaban J connectivity index is 1.79. The average Bonchev–Trinajstić information content (AvgIpc) is 2.54. The Labute approximate surface area is 123 Å². The maximum Gasteiger partial charge on any atom is 0.248 e. The maximum atomic E-state index is 12.0. The van der Waals surface area contributed by atoms with Crippen LogP contribution in [0.1, 0.15) is 5.56 Å². The molecule has 0 aliphatic rings.